The Bertz CT molecular complexity index is 937. The summed E-state index contributed by atoms with van der Waals surface area (Å²) in [6.45, 7) is -0.195. The van der Waals surface area contributed by atoms with Crippen molar-refractivity contribution in [2.75, 3.05) is 6.61 Å². The number of fused-ring (bicyclic) bond motifs is 1. The Morgan fingerprint density at radius 2 is 2.15 bits per heavy atom. The normalized spacial score (nSPS) is 12.6. The third-order valence-corrected chi connectivity index (χ3v) is 3.81. The Morgan fingerprint density at radius 1 is 1.31 bits per heavy atom. The maximum atomic E-state index is 11.1. The first-order valence-electron chi connectivity index (χ1n) is 7.95. The van der Waals surface area contributed by atoms with Gasteiger partial charge in [0, 0.05) is 12.3 Å². The second-order valence-corrected chi connectivity index (χ2v) is 5.65. The fraction of sp³-hybridized carbons (Fsp3) is 0.167. The minimum Gasteiger partial charge on any atom is -0.394 e. The third-order valence-electron chi connectivity index (χ3n) is 3.81. The number of hydrogen-bond acceptors (Lipinski definition) is 6. The van der Waals surface area contributed by atoms with Crippen LogP contribution in [0.5, 0.6) is 0 Å². The van der Waals surface area contributed by atoms with E-state index >= 15 is 0 Å². The van der Waals surface area contributed by atoms with Gasteiger partial charge in [0.15, 0.2) is 5.82 Å². The fourth-order valence-corrected chi connectivity index (χ4v) is 2.60. The Morgan fingerprint density at radius 3 is 2.85 bits per heavy atom. The number of rotatable bonds is 6. The Balaban J connectivity index is 2.08. The lowest BCUT2D eigenvalue weighted by molar-refractivity contribution is -0.124. The molecule has 3 rings (SSSR count). The molecule has 0 saturated heterocycles. The van der Waals surface area contributed by atoms with Crippen molar-refractivity contribution in [3.05, 3.63) is 54.2 Å². The number of nitrogens with zero attached hydrogens (tertiary/aromatic N) is 3. The Hall–Kier alpha value is -3.07. The first-order valence-corrected chi connectivity index (χ1v) is 7.95. The zero-order chi connectivity index (χ0) is 18.5. The number of aromatic nitrogens is 3. The summed E-state index contributed by atoms with van der Waals surface area (Å²) in [5.74, 6) is -0.0572. The molecule has 26 heavy (non-hydrogen) atoms. The lowest BCUT2D eigenvalue weighted by Gasteiger charge is -2.12. The maximum Gasteiger partial charge on any atom is 0.267 e. The second-order valence-electron chi connectivity index (χ2n) is 5.65. The zero-order valence-electron chi connectivity index (χ0n) is 13.8. The number of hydroxylamine groups is 1. The molecule has 1 amide bonds. The van der Waals surface area contributed by atoms with E-state index in [1.807, 2.05) is 18.2 Å². The number of nitrogens with one attached hydrogen (secondary N) is 1. The van der Waals surface area contributed by atoms with Crippen molar-refractivity contribution in [1.29, 1.82) is 0 Å². The molecule has 2 heterocycles. The van der Waals surface area contributed by atoms with E-state index in [1.54, 1.807) is 35.0 Å². The van der Waals surface area contributed by atoms with Crippen LogP contribution >= 0.6 is 0 Å². The molecule has 1 unspecified atom stereocenters. The lowest BCUT2D eigenvalue weighted by Crippen LogP contribution is -2.20. The molecule has 0 bridgehead atoms. The molecule has 0 aliphatic rings. The van der Waals surface area contributed by atoms with Crippen LogP contribution in [0.15, 0.2) is 48.7 Å². The van der Waals surface area contributed by atoms with Crippen molar-refractivity contribution in [2.45, 2.75) is 12.6 Å². The van der Waals surface area contributed by atoms with Crippen molar-refractivity contribution in [2.24, 2.45) is 0 Å². The van der Waals surface area contributed by atoms with E-state index in [9.17, 15) is 15.0 Å². The van der Waals surface area contributed by atoms with Crippen LogP contribution in [0, 0.1) is 0 Å². The summed E-state index contributed by atoms with van der Waals surface area (Å²) in [4.78, 5) is 20.0. The SMILES string of the molecule is O=C(/C=C/c1ccc2c(c1)nc(-c1ccccn1)n2CC(O)CO)NO. The molecule has 1 atom stereocenters. The molecule has 134 valence electrons. The zero-order valence-corrected chi connectivity index (χ0v) is 13.8. The summed E-state index contributed by atoms with van der Waals surface area (Å²) in [5, 5.41) is 27.6. The molecule has 0 spiro atoms. The van der Waals surface area contributed by atoms with E-state index < -0.39 is 12.0 Å². The summed E-state index contributed by atoms with van der Waals surface area (Å²) < 4.78 is 1.80. The van der Waals surface area contributed by atoms with Gasteiger partial charge in [0.2, 0.25) is 0 Å². The smallest absolute Gasteiger partial charge is 0.267 e. The number of hydrogen-bond donors (Lipinski definition) is 4. The van der Waals surface area contributed by atoms with Crippen LogP contribution < -0.4 is 5.48 Å². The first kappa shape index (κ1) is 17.7. The predicted octanol–water partition coefficient (Wildman–Crippen LogP) is 0.970. The number of pyridine rings is 1. The quantitative estimate of drug-likeness (QED) is 0.297. The molecule has 2 aromatic heterocycles. The molecule has 0 aliphatic heterocycles. The number of aliphatic hydroxyl groups excluding tert-OH is 2. The average molecular weight is 354 g/mol. The number of carbonyl (C=O) groups excluding carboxylic acids is 1. The second kappa shape index (κ2) is 7.87. The number of benzene rings is 1. The van der Waals surface area contributed by atoms with Gasteiger partial charge in [-0.15, -0.1) is 0 Å². The molecule has 8 heteroatoms. The summed E-state index contributed by atoms with van der Waals surface area (Å²) in [5.41, 5.74) is 4.32. The van der Waals surface area contributed by atoms with Crippen molar-refractivity contribution >= 4 is 23.0 Å². The largest absolute Gasteiger partial charge is 0.394 e. The highest BCUT2D eigenvalue weighted by molar-refractivity contribution is 5.91. The predicted molar refractivity (Wildman–Crippen MR) is 95.0 cm³/mol. The molecule has 0 aliphatic carbocycles. The van der Waals surface area contributed by atoms with Crippen molar-refractivity contribution < 1.29 is 20.2 Å². The molecule has 4 N–H and O–H groups in total. The van der Waals surface area contributed by atoms with Gasteiger partial charge in [-0.25, -0.2) is 10.5 Å². The van der Waals surface area contributed by atoms with E-state index in [0.29, 0.717) is 17.0 Å². The number of carbonyl (C=O) groups is 1. The monoisotopic (exact) mass is 354 g/mol. The lowest BCUT2D eigenvalue weighted by atomic mass is 10.2. The van der Waals surface area contributed by atoms with E-state index in [2.05, 4.69) is 9.97 Å². The van der Waals surface area contributed by atoms with Gasteiger partial charge in [0.1, 0.15) is 5.69 Å². The number of amides is 1. The van der Waals surface area contributed by atoms with Crippen LogP contribution in [0.1, 0.15) is 5.56 Å². The summed E-state index contributed by atoms with van der Waals surface area (Å²) >= 11 is 0. The van der Waals surface area contributed by atoms with Gasteiger partial charge in [0.05, 0.1) is 30.3 Å². The van der Waals surface area contributed by atoms with E-state index in [-0.39, 0.29) is 13.2 Å². The van der Waals surface area contributed by atoms with E-state index in [4.69, 9.17) is 5.21 Å². The van der Waals surface area contributed by atoms with E-state index in [0.717, 1.165) is 11.1 Å². The van der Waals surface area contributed by atoms with Gasteiger partial charge in [-0.2, -0.15) is 0 Å². The minimum atomic E-state index is -0.928. The maximum absolute atomic E-state index is 11.1. The molecule has 0 radical (unpaired) electrons. The van der Waals surface area contributed by atoms with Crippen LogP contribution in [0.3, 0.4) is 0 Å². The van der Waals surface area contributed by atoms with Gasteiger partial charge in [-0.1, -0.05) is 12.1 Å². The Kier molecular flexibility index (Phi) is 5.37. The van der Waals surface area contributed by atoms with Crippen LogP contribution in [0.25, 0.3) is 28.6 Å². The highest BCUT2D eigenvalue weighted by atomic mass is 16.5. The minimum absolute atomic E-state index is 0.168. The number of aliphatic hydroxyl groups is 2. The molecular weight excluding hydrogens is 336 g/mol. The summed E-state index contributed by atoms with van der Waals surface area (Å²) in [7, 11) is 0. The van der Waals surface area contributed by atoms with E-state index in [1.165, 1.54) is 11.6 Å². The molecule has 1 aromatic carbocycles. The van der Waals surface area contributed by atoms with Gasteiger partial charge in [0.25, 0.3) is 5.91 Å². The molecule has 8 nitrogen and oxygen atoms in total. The van der Waals surface area contributed by atoms with Crippen LogP contribution in [0.2, 0.25) is 0 Å². The van der Waals surface area contributed by atoms with Gasteiger partial charge in [-0.3, -0.25) is 15.0 Å². The van der Waals surface area contributed by atoms with Crippen LogP contribution in [0.4, 0.5) is 0 Å². The fourth-order valence-electron chi connectivity index (χ4n) is 2.60. The van der Waals surface area contributed by atoms with Gasteiger partial charge >= 0.3 is 0 Å². The average Bonchev–Trinajstić information content (AvgIpc) is 3.04. The van der Waals surface area contributed by atoms with Gasteiger partial charge in [-0.05, 0) is 35.9 Å². The summed E-state index contributed by atoms with van der Waals surface area (Å²) in [6, 6.07) is 10.8. The van der Waals surface area contributed by atoms with Crippen molar-refractivity contribution in [3.63, 3.8) is 0 Å². The third kappa shape index (κ3) is 3.77. The van der Waals surface area contributed by atoms with Crippen molar-refractivity contribution in [3.8, 4) is 11.5 Å². The standard InChI is InChI=1S/C18H18N4O4/c23-11-13(24)10-22-16-6-4-12(5-7-17(25)21-26)9-15(16)20-18(22)14-3-1-2-8-19-14/h1-9,13,23-24,26H,10-11H2,(H,21,25)/b7-5+. The topological polar surface area (TPSA) is 121 Å². The van der Waals surface area contributed by atoms with Crippen molar-refractivity contribution in [1.82, 2.24) is 20.0 Å². The molecule has 3 aromatic rings. The highest BCUT2D eigenvalue weighted by Crippen LogP contribution is 2.25. The van der Waals surface area contributed by atoms with Crippen LogP contribution in [-0.2, 0) is 11.3 Å². The van der Waals surface area contributed by atoms with Crippen LogP contribution in [-0.4, -0.2) is 48.6 Å². The number of imidazole rings is 1. The molecule has 0 fully saturated rings. The summed E-state index contributed by atoms with van der Waals surface area (Å²) in [6.07, 6.45) is 3.48. The Labute approximate surface area is 149 Å². The molecule has 0 saturated carbocycles. The first-order chi connectivity index (χ1) is 12.6. The van der Waals surface area contributed by atoms with Gasteiger partial charge < -0.3 is 14.8 Å². The molecular formula is C18H18N4O4. The highest BCUT2D eigenvalue weighted by Gasteiger charge is 2.16.